The molecular formula is C28H23F3O2. The van der Waals surface area contributed by atoms with Crippen molar-refractivity contribution in [3.05, 3.63) is 107 Å². The monoisotopic (exact) mass is 448 g/mol. The van der Waals surface area contributed by atoms with Gasteiger partial charge in [0.05, 0.1) is 14.2 Å². The number of methoxy groups -OCH3 is 2. The molecule has 0 heterocycles. The molecule has 0 saturated carbocycles. The van der Waals surface area contributed by atoms with Crippen molar-refractivity contribution in [2.24, 2.45) is 0 Å². The number of hydrogen-bond acceptors (Lipinski definition) is 2. The van der Waals surface area contributed by atoms with Gasteiger partial charge in [0.1, 0.15) is 5.75 Å². The van der Waals surface area contributed by atoms with Gasteiger partial charge in [-0.3, -0.25) is 0 Å². The van der Waals surface area contributed by atoms with Crippen molar-refractivity contribution in [2.45, 2.75) is 12.8 Å². The van der Waals surface area contributed by atoms with E-state index in [-0.39, 0.29) is 22.7 Å². The molecule has 4 aromatic rings. The van der Waals surface area contributed by atoms with Crippen LogP contribution in [-0.2, 0) is 12.8 Å². The van der Waals surface area contributed by atoms with Gasteiger partial charge in [-0.15, -0.1) is 0 Å². The van der Waals surface area contributed by atoms with Gasteiger partial charge in [0.15, 0.2) is 23.2 Å². The topological polar surface area (TPSA) is 18.5 Å². The van der Waals surface area contributed by atoms with Crippen LogP contribution in [0.2, 0.25) is 0 Å². The van der Waals surface area contributed by atoms with Crippen molar-refractivity contribution in [3.63, 3.8) is 0 Å². The summed E-state index contributed by atoms with van der Waals surface area (Å²) < 4.78 is 53.7. The first kappa shape index (κ1) is 22.5. The highest BCUT2D eigenvalue weighted by atomic mass is 19.2. The maximum atomic E-state index is 14.9. The molecule has 168 valence electrons. The Kier molecular flexibility index (Phi) is 6.68. The number of aryl methyl sites for hydroxylation is 2. The second kappa shape index (κ2) is 9.82. The van der Waals surface area contributed by atoms with Crippen LogP contribution >= 0.6 is 0 Å². The molecule has 0 N–H and O–H groups in total. The zero-order valence-electron chi connectivity index (χ0n) is 18.4. The van der Waals surface area contributed by atoms with Crippen molar-refractivity contribution in [3.8, 4) is 33.8 Å². The van der Waals surface area contributed by atoms with E-state index in [0.29, 0.717) is 29.7 Å². The van der Waals surface area contributed by atoms with Crippen LogP contribution in [0.1, 0.15) is 11.1 Å². The zero-order chi connectivity index (χ0) is 23.4. The lowest BCUT2D eigenvalue weighted by Gasteiger charge is -2.11. The molecular weight excluding hydrogens is 425 g/mol. The third-order valence-corrected chi connectivity index (χ3v) is 5.67. The number of benzene rings is 4. The van der Waals surface area contributed by atoms with E-state index in [1.807, 2.05) is 18.2 Å². The second-order valence-electron chi connectivity index (χ2n) is 7.68. The van der Waals surface area contributed by atoms with Crippen molar-refractivity contribution >= 4 is 0 Å². The fourth-order valence-corrected chi connectivity index (χ4v) is 3.77. The normalized spacial score (nSPS) is 10.8. The smallest absolute Gasteiger partial charge is 0.167 e. The van der Waals surface area contributed by atoms with Crippen LogP contribution in [-0.4, -0.2) is 14.2 Å². The number of rotatable bonds is 7. The van der Waals surface area contributed by atoms with E-state index in [1.165, 1.54) is 13.2 Å². The lowest BCUT2D eigenvalue weighted by atomic mass is 9.97. The summed E-state index contributed by atoms with van der Waals surface area (Å²) in [7, 11) is 2.98. The largest absolute Gasteiger partial charge is 0.497 e. The average Bonchev–Trinajstić information content (AvgIpc) is 2.85. The second-order valence-corrected chi connectivity index (χ2v) is 7.68. The summed E-state index contributed by atoms with van der Waals surface area (Å²) in [4.78, 5) is 0. The fraction of sp³-hybridized carbons (Fsp3) is 0.143. The van der Waals surface area contributed by atoms with Crippen LogP contribution in [0.25, 0.3) is 22.3 Å². The van der Waals surface area contributed by atoms with Gasteiger partial charge >= 0.3 is 0 Å². The Labute approximate surface area is 191 Å². The quantitative estimate of drug-likeness (QED) is 0.297. The molecule has 0 radical (unpaired) electrons. The predicted molar refractivity (Wildman–Crippen MR) is 124 cm³/mol. The SMILES string of the molecule is COc1ccc(-c2ccc(-c3ccc(CCc4ccc(OC)c(F)c4)cc3)c(F)c2F)cc1. The summed E-state index contributed by atoms with van der Waals surface area (Å²) in [6.07, 6.45) is 1.35. The van der Waals surface area contributed by atoms with Gasteiger partial charge in [-0.1, -0.05) is 54.6 Å². The van der Waals surface area contributed by atoms with E-state index < -0.39 is 11.6 Å². The van der Waals surface area contributed by atoms with Crippen molar-refractivity contribution in [1.29, 1.82) is 0 Å². The summed E-state index contributed by atoms with van der Waals surface area (Å²) in [5, 5.41) is 0. The summed E-state index contributed by atoms with van der Waals surface area (Å²) >= 11 is 0. The number of hydrogen-bond donors (Lipinski definition) is 0. The third-order valence-electron chi connectivity index (χ3n) is 5.67. The molecule has 4 aromatic carbocycles. The van der Waals surface area contributed by atoms with E-state index in [1.54, 1.807) is 61.7 Å². The average molecular weight is 448 g/mol. The first-order chi connectivity index (χ1) is 16.0. The Bertz CT molecular complexity index is 1250. The summed E-state index contributed by atoms with van der Waals surface area (Å²) in [5.41, 5.74) is 3.44. The van der Waals surface area contributed by atoms with E-state index in [0.717, 1.165) is 11.1 Å². The van der Waals surface area contributed by atoms with Gasteiger partial charge in [0, 0.05) is 11.1 Å². The molecule has 0 fully saturated rings. The zero-order valence-corrected chi connectivity index (χ0v) is 18.4. The Morgan fingerprint density at radius 1 is 0.576 bits per heavy atom. The summed E-state index contributed by atoms with van der Waals surface area (Å²) in [6.45, 7) is 0. The molecule has 0 bridgehead atoms. The molecule has 4 rings (SSSR count). The van der Waals surface area contributed by atoms with Gasteiger partial charge in [-0.05, 0) is 59.4 Å². The Balaban J connectivity index is 1.50. The highest BCUT2D eigenvalue weighted by molar-refractivity contribution is 5.72. The van der Waals surface area contributed by atoms with Crippen molar-refractivity contribution in [1.82, 2.24) is 0 Å². The molecule has 0 atom stereocenters. The fourth-order valence-electron chi connectivity index (χ4n) is 3.77. The first-order valence-corrected chi connectivity index (χ1v) is 10.5. The maximum absolute atomic E-state index is 14.9. The molecule has 0 aliphatic heterocycles. The lowest BCUT2D eigenvalue weighted by molar-refractivity contribution is 0.386. The molecule has 0 spiro atoms. The minimum atomic E-state index is -0.886. The van der Waals surface area contributed by atoms with Crippen LogP contribution in [0.5, 0.6) is 11.5 Å². The van der Waals surface area contributed by atoms with Crippen LogP contribution < -0.4 is 9.47 Å². The van der Waals surface area contributed by atoms with Crippen LogP contribution in [0.4, 0.5) is 13.2 Å². The van der Waals surface area contributed by atoms with E-state index in [4.69, 9.17) is 9.47 Å². The molecule has 2 nitrogen and oxygen atoms in total. The van der Waals surface area contributed by atoms with Gasteiger partial charge in [0.2, 0.25) is 0 Å². The summed E-state index contributed by atoms with van der Waals surface area (Å²) in [5.74, 6) is -1.29. The van der Waals surface area contributed by atoms with Crippen LogP contribution in [0, 0.1) is 17.5 Å². The molecule has 5 heteroatoms. The highest BCUT2D eigenvalue weighted by Crippen LogP contribution is 2.32. The first-order valence-electron chi connectivity index (χ1n) is 10.5. The van der Waals surface area contributed by atoms with Crippen LogP contribution in [0.3, 0.4) is 0 Å². The molecule has 0 amide bonds. The molecule has 0 aromatic heterocycles. The molecule has 0 aliphatic carbocycles. The number of ether oxygens (including phenoxy) is 2. The van der Waals surface area contributed by atoms with Gasteiger partial charge in [0.25, 0.3) is 0 Å². The maximum Gasteiger partial charge on any atom is 0.167 e. The molecule has 0 unspecified atom stereocenters. The Morgan fingerprint density at radius 2 is 1.09 bits per heavy atom. The highest BCUT2D eigenvalue weighted by Gasteiger charge is 2.16. The van der Waals surface area contributed by atoms with Gasteiger partial charge in [-0.2, -0.15) is 0 Å². The van der Waals surface area contributed by atoms with Crippen molar-refractivity contribution in [2.75, 3.05) is 14.2 Å². The minimum absolute atomic E-state index is 0.197. The Hall–Kier alpha value is -3.73. The predicted octanol–water partition coefficient (Wildman–Crippen LogP) is 7.24. The van der Waals surface area contributed by atoms with Gasteiger partial charge in [-0.25, -0.2) is 13.2 Å². The summed E-state index contributed by atoms with van der Waals surface area (Å²) in [6, 6.07) is 22.2. The van der Waals surface area contributed by atoms with E-state index >= 15 is 0 Å². The molecule has 0 aliphatic rings. The third kappa shape index (κ3) is 4.87. The van der Waals surface area contributed by atoms with Gasteiger partial charge < -0.3 is 9.47 Å². The van der Waals surface area contributed by atoms with Crippen molar-refractivity contribution < 1.29 is 22.6 Å². The molecule has 33 heavy (non-hydrogen) atoms. The Morgan fingerprint density at radius 3 is 1.61 bits per heavy atom. The van der Waals surface area contributed by atoms with E-state index in [9.17, 15) is 13.2 Å². The standard InChI is InChI=1S/C28H23F3O2/c1-32-22-12-10-21(11-13-22)24-15-14-23(27(30)28(24)31)20-8-5-18(6-9-20)3-4-19-7-16-26(33-2)25(29)17-19/h5-17H,3-4H2,1-2H3. The van der Waals surface area contributed by atoms with E-state index in [2.05, 4.69) is 0 Å². The number of halogens is 3. The molecule has 0 saturated heterocycles. The lowest BCUT2D eigenvalue weighted by Crippen LogP contribution is -1.96. The van der Waals surface area contributed by atoms with Crippen LogP contribution in [0.15, 0.2) is 78.9 Å². The minimum Gasteiger partial charge on any atom is -0.497 e.